The largest absolute Gasteiger partial charge is 0.492 e. The molecule has 0 N–H and O–H groups in total. The summed E-state index contributed by atoms with van der Waals surface area (Å²) in [5.41, 5.74) is 0.632. The molecule has 4 heteroatoms. The van der Waals surface area contributed by atoms with Crippen molar-refractivity contribution in [3.05, 3.63) is 29.6 Å². The van der Waals surface area contributed by atoms with Gasteiger partial charge in [0.05, 0.1) is 0 Å². The van der Waals surface area contributed by atoms with Gasteiger partial charge in [-0.15, -0.1) is 0 Å². The normalized spacial score (nSPS) is 17.9. The minimum atomic E-state index is -0.179. The SMILES string of the molecule is Cc1cc(OCCN2CCN(C)CC2)ccc1F. The summed E-state index contributed by atoms with van der Waals surface area (Å²) in [6.07, 6.45) is 0. The Kier molecular flexibility index (Phi) is 4.55. The molecule has 0 saturated carbocycles. The smallest absolute Gasteiger partial charge is 0.126 e. The fraction of sp³-hybridized carbons (Fsp3) is 0.571. The van der Waals surface area contributed by atoms with Crippen LogP contribution in [0.25, 0.3) is 0 Å². The molecule has 1 aliphatic heterocycles. The molecule has 0 bridgehead atoms. The zero-order chi connectivity index (χ0) is 13.0. The maximum absolute atomic E-state index is 13.1. The first-order valence-electron chi connectivity index (χ1n) is 6.45. The van der Waals surface area contributed by atoms with E-state index in [1.165, 1.54) is 6.07 Å². The molecule has 1 heterocycles. The Balaban J connectivity index is 1.73. The van der Waals surface area contributed by atoms with E-state index in [-0.39, 0.29) is 5.82 Å². The summed E-state index contributed by atoms with van der Waals surface area (Å²) in [6.45, 7) is 7.79. The Bertz CT molecular complexity index is 389. The highest BCUT2D eigenvalue weighted by molar-refractivity contribution is 5.28. The number of piperazine rings is 1. The number of likely N-dealkylation sites (N-methyl/N-ethyl adjacent to an activating group) is 1. The Hall–Kier alpha value is -1.13. The molecule has 1 aromatic rings. The zero-order valence-electron chi connectivity index (χ0n) is 11.2. The second-order valence-electron chi connectivity index (χ2n) is 4.90. The molecule has 0 unspecified atom stereocenters. The van der Waals surface area contributed by atoms with Crippen LogP contribution in [0.15, 0.2) is 18.2 Å². The van der Waals surface area contributed by atoms with Gasteiger partial charge in [0.1, 0.15) is 18.2 Å². The number of nitrogens with zero attached hydrogens (tertiary/aromatic N) is 2. The monoisotopic (exact) mass is 252 g/mol. The van der Waals surface area contributed by atoms with Gasteiger partial charge in [0.25, 0.3) is 0 Å². The van der Waals surface area contributed by atoms with Gasteiger partial charge in [0, 0.05) is 32.7 Å². The number of ether oxygens (including phenoxy) is 1. The first-order chi connectivity index (χ1) is 8.65. The summed E-state index contributed by atoms with van der Waals surface area (Å²) in [6, 6.07) is 4.89. The lowest BCUT2D eigenvalue weighted by Crippen LogP contribution is -2.45. The van der Waals surface area contributed by atoms with Gasteiger partial charge in [0.15, 0.2) is 0 Å². The summed E-state index contributed by atoms with van der Waals surface area (Å²) < 4.78 is 18.7. The van der Waals surface area contributed by atoms with Crippen LogP contribution in [0, 0.1) is 12.7 Å². The summed E-state index contributed by atoms with van der Waals surface area (Å²) in [5.74, 6) is 0.574. The molecule has 0 atom stereocenters. The minimum Gasteiger partial charge on any atom is -0.492 e. The van der Waals surface area contributed by atoms with Gasteiger partial charge in [-0.1, -0.05) is 0 Å². The molecule has 0 spiro atoms. The van der Waals surface area contributed by atoms with E-state index in [1.54, 1.807) is 19.1 Å². The van der Waals surface area contributed by atoms with Crippen LogP contribution < -0.4 is 4.74 Å². The Morgan fingerprint density at radius 1 is 1.22 bits per heavy atom. The number of halogens is 1. The minimum absolute atomic E-state index is 0.179. The van der Waals surface area contributed by atoms with E-state index < -0.39 is 0 Å². The van der Waals surface area contributed by atoms with E-state index in [0.717, 1.165) is 38.5 Å². The maximum atomic E-state index is 13.1. The van der Waals surface area contributed by atoms with E-state index in [9.17, 15) is 4.39 Å². The number of benzene rings is 1. The molecule has 1 aliphatic rings. The van der Waals surface area contributed by atoms with Crippen LogP contribution in [-0.4, -0.2) is 56.2 Å². The van der Waals surface area contributed by atoms with Crippen molar-refractivity contribution in [1.29, 1.82) is 0 Å². The lowest BCUT2D eigenvalue weighted by molar-refractivity contribution is 0.133. The fourth-order valence-corrected chi connectivity index (χ4v) is 2.07. The van der Waals surface area contributed by atoms with Gasteiger partial charge in [-0.25, -0.2) is 4.39 Å². The molecular weight excluding hydrogens is 231 g/mol. The van der Waals surface area contributed by atoms with Crippen LogP contribution in [0.5, 0.6) is 5.75 Å². The van der Waals surface area contributed by atoms with Crippen LogP contribution in [0.4, 0.5) is 4.39 Å². The van der Waals surface area contributed by atoms with Gasteiger partial charge in [-0.05, 0) is 37.7 Å². The second-order valence-corrected chi connectivity index (χ2v) is 4.90. The number of hydrogen-bond donors (Lipinski definition) is 0. The third kappa shape index (κ3) is 3.68. The molecule has 3 nitrogen and oxygen atoms in total. The topological polar surface area (TPSA) is 15.7 Å². The van der Waals surface area contributed by atoms with Crippen LogP contribution >= 0.6 is 0 Å². The van der Waals surface area contributed by atoms with E-state index >= 15 is 0 Å². The standard InChI is InChI=1S/C14H21FN2O/c1-12-11-13(3-4-14(12)15)18-10-9-17-7-5-16(2)6-8-17/h3-4,11H,5-10H2,1-2H3. The van der Waals surface area contributed by atoms with Crippen LogP contribution in [0.1, 0.15) is 5.56 Å². The van der Waals surface area contributed by atoms with Crippen molar-refractivity contribution in [3.63, 3.8) is 0 Å². The lowest BCUT2D eigenvalue weighted by Gasteiger charge is -2.32. The molecule has 0 radical (unpaired) electrons. The summed E-state index contributed by atoms with van der Waals surface area (Å²) in [4.78, 5) is 4.73. The third-order valence-corrected chi connectivity index (χ3v) is 3.40. The Morgan fingerprint density at radius 2 is 1.94 bits per heavy atom. The molecular formula is C14H21FN2O. The van der Waals surface area contributed by atoms with Crippen molar-refractivity contribution < 1.29 is 9.13 Å². The van der Waals surface area contributed by atoms with Gasteiger partial charge >= 0.3 is 0 Å². The van der Waals surface area contributed by atoms with Gasteiger partial charge in [-0.2, -0.15) is 0 Å². The van der Waals surface area contributed by atoms with Crippen LogP contribution in [0.3, 0.4) is 0 Å². The van der Waals surface area contributed by atoms with Crippen molar-refractivity contribution in [2.45, 2.75) is 6.92 Å². The Labute approximate surface area is 108 Å². The molecule has 1 saturated heterocycles. The summed E-state index contributed by atoms with van der Waals surface area (Å²) >= 11 is 0. The lowest BCUT2D eigenvalue weighted by atomic mass is 10.2. The van der Waals surface area contributed by atoms with E-state index in [0.29, 0.717) is 12.2 Å². The first kappa shape index (κ1) is 13.3. The maximum Gasteiger partial charge on any atom is 0.126 e. The van der Waals surface area contributed by atoms with E-state index in [2.05, 4.69) is 16.8 Å². The van der Waals surface area contributed by atoms with Gasteiger partial charge in [0.2, 0.25) is 0 Å². The molecule has 0 aromatic heterocycles. The van der Waals surface area contributed by atoms with Crippen molar-refractivity contribution in [1.82, 2.24) is 9.80 Å². The zero-order valence-corrected chi connectivity index (χ0v) is 11.2. The predicted octanol–water partition coefficient (Wildman–Crippen LogP) is 1.76. The van der Waals surface area contributed by atoms with E-state index in [4.69, 9.17) is 4.74 Å². The molecule has 100 valence electrons. The molecule has 1 aromatic carbocycles. The van der Waals surface area contributed by atoms with Crippen LogP contribution in [-0.2, 0) is 0 Å². The van der Waals surface area contributed by atoms with E-state index in [1.807, 2.05) is 0 Å². The average molecular weight is 252 g/mol. The molecule has 0 amide bonds. The molecule has 1 fully saturated rings. The van der Waals surface area contributed by atoms with Crippen LogP contribution in [0.2, 0.25) is 0 Å². The molecule has 0 aliphatic carbocycles. The summed E-state index contributed by atoms with van der Waals surface area (Å²) in [7, 11) is 2.15. The Morgan fingerprint density at radius 3 is 2.61 bits per heavy atom. The first-order valence-corrected chi connectivity index (χ1v) is 6.45. The molecule has 18 heavy (non-hydrogen) atoms. The van der Waals surface area contributed by atoms with Gasteiger partial charge in [-0.3, -0.25) is 4.90 Å². The molecule has 2 rings (SSSR count). The summed E-state index contributed by atoms with van der Waals surface area (Å²) in [5, 5.41) is 0. The average Bonchev–Trinajstić information content (AvgIpc) is 2.36. The van der Waals surface area contributed by atoms with Crippen molar-refractivity contribution in [2.75, 3.05) is 46.4 Å². The second kappa shape index (κ2) is 6.16. The van der Waals surface area contributed by atoms with Crippen molar-refractivity contribution in [3.8, 4) is 5.75 Å². The highest BCUT2D eigenvalue weighted by Crippen LogP contribution is 2.15. The number of hydrogen-bond acceptors (Lipinski definition) is 3. The third-order valence-electron chi connectivity index (χ3n) is 3.40. The number of aryl methyl sites for hydroxylation is 1. The number of rotatable bonds is 4. The van der Waals surface area contributed by atoms with Crippen molar-refractivity contribution >= 4 is 0 Å². The fourth-order valence-electron chi connectivity index (χ4n) is 2.07. The van der Waals surface area contributed by atoms with Gasteiger partial charge < -0.3 is 9.64 Å². The van der Waals surface area contributed by atoms with Crippen molar-refractivity contribution in [2.24, 2.45) is 0 Å². The predicted molar refractivity (Wildman–Crippen MR) is 70.6 cm³/mol. The highest BCUT2D eigenvalue weighted by Gasteiger charge is 2.13. The quantitative estimate of drug-likeness (QED) is 0.812. The highest BCUT2D eigenvalue weighted by atomic mass is 19.1.